The monoisotopic (exact) mass is 273 g/mol. The summed E-state index contributed by atoms with van der Waals surface area (Å²) in [5.41, 5.74) is -0.963. The molecule has 19 heavy (non-hydrogen) atoms. The zero-order chi connectivity index (χ0) is 15.1. The van der Waals surface area contributed by atoms with Crippen LogP contribution in [0.2, 0.25) is 0 Å². The number of alkyl carbamates (subject to hydrolysis) is 1. The summed E-state index contributed by atoms with van der Waals surface area (Å²) >= 11 is 0. The van der Waals surface area contributed by atoms with Gasteiger partial charge in [0, 0.05) is 0 Å². The molecule has 1 N–H and O–H groups in total. The molecule has 0 aliphatic heterocycles. The van der Waals surface area contributed by atoms with Crippen LogP contribution < -0.4 is 5.32 Å². The van der Waals surface area contributed by atoms with E-state index >= 15 is 0 Å². The second-order valence-electron chi connectivity index (χ2n) is 5.80. The van der Waals surface area contributed by atoms with Gasteiger partial charge in [0.1, 0.15) is 12.2 Å². The number of ether oxygens (including phenoxy) is 2. The number of carbonyl (C=O) groups excluding carboxylic acids is 2. The van der Waals surface area contributed by atoms with E-state index in [1.54, 1.807) is 0 Å². The van der Waals surface area contributed by atoms with E-state index in [0.717, 1.165) is 6.42 Å². The summed E-state index contributed by atoms with van der Waals surface area (Å²) in [5, 5.41) is 2.56. The van der Waals surface area contributed by atoms with Gasteiger partial charge in [-0.1, -0.05) is 13.8 Å². The van der Waals surface area contributed by atoms with Crippen molar-refractivity contribution in [2.24, 2.45) is 5.41 Å². The maximum atomic E-state index is 11.6. The van der Waals surface area contributed by atoms with Crippen molar-refractivity contribution in [1.82, 2.24) is 5.32 Å². The fourth-order valence-electron chi connectivity index (χ4n) is 0.996. The highest BCUT2D eigenvalue weighted by atomic mass is 16.6. The largest absolute Gasteiger partial charge is 0.463 e. The average molecular weight is 273 g/mol. The van der Waals surface area contributed by atoms with Crippen molar-refractivity contribution in [3.63, 3.8) is 0 Å². The van der Waals surface area contributed by atoms with Crippen LogP contribution in [0, 0.1) is 5.41 Å². The molecular formula is C14H27NO4. The van der Waals surface area contributed by atoms with Gasteiger partial charge in [-0.25, -0.2) is 4.79 Å². The summed E-state index contributed by atoms with van der Waals surface area (Å²) in [6.45, 7) is 11.6. The van der Waals surface area contributed by atoms with Gasteiger partial charge in [0.15, 0.2) is 0 Å². The van der Waals surface area contributed by atoms with Gasteiger partial charge in [0.05, 0.1) is 12.0 Å². The van der Waals surface area contributed by atoms with Gasteiger partial charge in [-0.2, -0.15) is 0 Å². The first kappa shape index (κ1) is 17.7. The van der Waals surface area contributed by atoms with Crippen LogP contribution >= 0.6 is 0 Å². The molecule has 0 aliphatic rings. The van der Waals surface area contributed by atoms with E-state index in [9.17, 15) is 9.59 Å². The molecule has 0 unspecified atom stereocenters. The molecule has 0 fully saturated rings. The summed E-state index contributed by atoms with van der Waals surface area (Å²) in [7, 11) is 0. The maximum absolute atomic E-state index is 11.6. The minimum Gasteiger partial charge on any atom is -0.463 e. The quantitative estimate of drug-likeness (QED) is 0.572. The molecule has 0 rings (SSSR count). The average Bonchev–Trinajstić information content (AvgIpc) is 2.33. The predicted octanol–water partition coefficient (Wildman–Crippen LogP) is 2.88. The van der Waals surface area contributed by atoms with Gasteiger partial charge >= 0.3 is 12.1 Å². The van der Waals surface area contributed by atoms with E-state index in [-0.39, 0.29) is 19.1 Å². The summed E-state index contributed by atoms with van der Waals surface area (Å²) < 4.78 is 10.3. The second kappa shape index (κ2) is 7.36. The van der Waals surface area contributed by atoms with Crippen LogP contribution in [0.3, 0.4) is 0 Å². The molecule has 0 bridgehead atoms. The molecule has 0 atom stereocenters. The standard InChI is InChI=1S/C14H27NO4/c1-7-13(3,4)11(16)18-10-9-15-12(17)19-14(5,6)8-2/h7-10H2,1-6H3,(H,15,17). The van der Waals surface area contributed by atoms with E-state index in [4.69, 9.17) is 9.47 Å². The Kier molecular flexibility index (Phi) is 6.87. The minimum atomic E-state index is -0.488. The van der Waals surface area contributed by atoms with Crippen molar-refractivity contribution in [2.75, 3.05) is 13.2 Å². The molecular weight excluding hydrogens is 246 g/mol. The molecule has 0 aromatic rings. The molecule has 0 saturated heterocycles. The number of esters is 1. The molecule has 0 radical (unpaired) electrons. The number of amides is 1. The van der Waals surface area contributed by atoms with Gasteiger partial charge in [0.2, 0.25) is 0 Å². The van der Waals surface area contributed by atoms with E-state index in [2.05, 4.69) is 5.32 Å². The van der Waals surface area contributed by atoms with Crippen LogP contribution in [0.4, 0.5) is 4.79 Å². The molecule has 112 valence electrons. The zero-order valence-corrected chi connectivity index (χ0v) is 13.0. The lowest BCUT2D eigenvalue weighted by molar-refractivity contribution is -0.153. The van der Waals surface area contributed by atoms with Crippen LogP contribution in [-0.2, 0) is 14.3 Å². The van der Waals surface area contributed by atoms with Crippen LogP contribution in [0.5, 0.6) is 0 Å². The summed E-state index contributed by atoms with van der Waals surface area (Å²) in [6, 6.07) is 0. The Balaban J connectivity index is 3.88. The first-order chi connectivity index (χ1) is 8.64. The Bertz CT molecular complexity index is 311. The second-order valence-corrected chi connectivity index (χ2v) is 5.80. The number of carbonyl (C=O) groups is 2. The van der Waals surface area contributed by atoms with Crippen molar-refractivity contribution in [2.45, 2.75) is 60.0 Å². The Labute approximate surface area is 116 Å². The number of hydrogen-bond acceptors (Lipinski definition) is 4. The van der Waals surface area contributed by atoms with Gasteiger partial charge in [0.25, 0.3) is 0 Å². The van der Waals surface area contributed by atoms with E-state index in [1.165, 1.54) is 0 Å². The van der Waals surface area contributed by atoms with Crippen LogP contribution in [0.25, 0.3) is 0 Å². The van der Waals surface area contributed by atoms with Crippen molar-refractivity contribution in [1.29, 1.82) is 0 Å². The molecule has 0 aromatic carbocycles. The Morgan fingerprint density at radius 2 is 1.63 bits per heavy atom. The lowest BCUT2D eigenvalue weighted by atomic mass is 9.91. The summed E-state index contributed by atoms with van der Waals surface area (Å²) in [5.74, 6) is -0.251. The van der Waals surface area contributed by atoms with E-state index in [1.807, 2.05) is 41.5 Å². The molecule has 0 spiro atoms. The van der Waals surface area contributed by atoms with Gasteiger partial charge < -0.3 is 14.8 Å². The molecule has 1 amide bonds. The van der Waals surface area contributed by atoms with Crippen molar-refractivity contribution < 1.29 is 19.1 Å². The predicted molar refractivity (Wildman–Crippen MR) is 73.9 cm³/mol. The lowest BCUT2D eigenvalue weighted by Crippen LogP contribution is -2.36. The van der Waals surface area contributed by atoms with E-state index < -0.39 is 17.1 Å². The molecule has 5 nitrogen and oxygen atoms in total. The highest BCUT2D eigenvalue weighted by Crippen LogP contribution is 2.21. The third-order valence-corrected chi connectivity index (χ3v) is 3.26. The molecule has 0 heterocycles. The highest BCUT2D eigenvalue weighted by molar-refractivity contribution is 5.75. The SMILES string of the molecule is CCC(C)(C)OC(=O)NCCOC(=O)C(C)(C)CC. The molecule has 0 aromatic heterocycles. The maximum Gasteiger partial charge on any atom is 0.407 e. The van der Waals surface area contributed by atoms with Gasteiger partial charge in [-0.05, 0) is 40.5 Å². The fourth-order valence-corrected chi connectivity index (χ4v) is 0.996. The highest BCUT2D eigenvalue weighted by Gasteiger charge is 2.27. The molecule has 0 saturated carbocycles. The van der Waals surface area contributed by atoms with Crippen molar-refractivity contribution >= 4 is 12.1 Å². The number of hydrogen-bond donors (Lipinski definition) is 1. The summed E-state index contributed by atoms with van der Waals surface area (Å²) in [6.07, 6.45) is 0.962. The zero-order valence-electron chi connectivity index (χ0n) is 13.0. The molecule has 0 aliphatic carbocycles. The number of rotatable bonds is 7. The Hall–Kier alpha value is -1.26. The normalized spacial score (nSPS) is 11.9. The summed E-state index contributed by atoms with van der Waals surface area (Å²) in [4.78, 5) is 23.1. The van der Waals surface area contributed by atoms with Crippen LogP contribution in [0.15, 0.2) is 0 Å². The third kappa shape index (κ3) is 7.03. The van der Waals surface area contributed by atoms with Crippen LogP contribution in [0.1, 0.15) is 54.4 Å². The van der Waals surface area contributed by atoms with Gasteiger partial charge in [-0.15, -0.1) is 0 Å². The smallest absolute Gasteiger partial charge is 0.407 e. The van der Waals surface area contributed by atoms with Crippen LogP contribution in [-0.4, -0.2) is 30.8 Å². The van der Waals surface area contributed by atoms with E-state index in [0.29, 0.717) is 6.42 Å². The van der Waals surface area contributed by atoms with Crippen molar-refractivity contribution in [3.05, 3.63) is 0 Å². The Morgan fingerprint density at radius 3 is 2.11 bits per heavy atom. The number of nitrogens with one attached hydrogen (secondary N) is 1. The first-order valence-electron chi connectivity index (χ1n) is 6.78. The van der Waals surface area contributed by atoms with Gasteiger partial charge in [-0.3, -0.25) is 4.79 Å². The lowest BCUT2D eigenvalue weighted by Gasteiger charge is -2.23. The Morgan fingerprint density at radius 1 is 1.05 bits per heavy atom. The fraction of sp³-hybridized carbons (Fsp3) is 0.857. The third-order valence-electron chi connectivity index (χ3n) is 3.26. The van der Waals surface area contributed by atoms with Crippen molar-refractivity contribution in [3.8, 4) is 0 Å². The minimum absolute atomic E-state index is 0.157. The molecule has 5 heteroatoms. The topological polar surface area (TPSA) is 64.6 Å². The first-order valence-corrected chi connectivity index (χ1v) is 6.78.